The van der Waals surface area contributed by atoms with E-state index < -0.39 is 0 Å². The number of rotatable bonds is 5. The molecule has 0 heterocycles. The molecule has 0 saturated carbocycles. The maximum atomic E-state index is 11.6. The van der Waals surface area contributed by atoms with Gasteiger partial charge in [0.1, 0.15) is 0 Å². The third kappa shape index (κ3) is 3.75. The van der Waals surface area contributed by atoms with Crippen LogP contribution in [0.5, 0.6) is 0 Å². The van der Waals surface area contributed by atoms with E-state index in [9.17, 15) is 4.79 Å². The molecule has 0 aromatic rings. The van der Waals surface area contributed by atoms with Gasteiger partial charge in [0.15, 0.2) is 0 Å². The predicted octanol–water partition coefficient (Wildman–Crippen LogP) is 0.699. The molecule has 14 heavy (non-hydrogen) atoms. The fraction of sp³-hybridized carbons (Fsp3) is 0.800. The van der Waals surface area contributed by atoms with Crippen molar-refractivity contribution in [3.05, 3.63) is 0 Å². The van der Waals surface area contributed by atoms with Crippen LogP contribution in [0.15, 0.2) is 0 Å². The molecule has 0 radical (unpaired) electrons. The summed E-state index contributed by atoms with van der Waals surface area (Å²) in [4.78, 5) is 15.1. The molecule has 1 amide bonds. The first kappa shape index (κ1) is 12.9. The lowest BCUT2D eigenvalue weighted by atomic mass is 10.2. The number of nitrogens with zero attached hydrogens (tertiary/aromatic N) is 3. The summed E-state index contributed by atoms with van der Waals surface area (Å²) >= 11 is 0. The van der Waals surface area contributed by atoms with Gasteiger partial charge < -0.3 is 4.90 Å². The van der Waals surface area contributed by atoms with E-state index in [1.54, 1.807) is 19.0 Å². The van der Waals surface area contributed by atoms with Crippen molar-refractivity contribution in [3.8, 4) is 6.07 Å². The van der Waals surface area contributed by atoms with Crippen LogP contribution in [0.4, 0.5) is 0 Å². The molecular weight excluding hydrogens is 178 g/mol. The zero-order valence-electron chi connectivity index (χ0n) is 9.45. The van der Waals surface area contributed by atoms with E-state index in [0.717, 1.165) is 13.0 Å². The summed E-state index contributed by atoms with van der Waals surface area (Å²) < 4.78 is 0. The highest BCUT2D eigenvalue weighted by atomic mass is 16.2. The molecule has 0 saturated heterocycles. The van der Waals surface area contributed by atoms with E-state index in [2.05, 4.69) is 6.07 Å². The van der Waals surface area contributed by atoms with Crippen molar-refractivity contribution in [3.63, 3.8) is 0 Å². The molecule has 0 aromatic heterocycles. The molecule has 0 aliphatic heterocycles. The monoisotopic (exact) mass is 197 g/mol. The second-order valence-corrected chi connectivity index (χ2v) is 3.54. The van der Waals surface area contributed by atoms with Crippen LogP contribution in [0, 0.1) is 11.3 Å². The molecule has 1 atom stereocenters. The largest absolute Gasteiger partial charge is 0.347 e. The van der Waals surface area contributed by atoms with Crippen molar-refractivity contribution in [1.29, 1.82) is 5.26 Å². The number of amides is 1. The maximum Gasteiger partial charge on any atom is 0.239 e. The van der Waals surface area contributed by atoms with Crippen LogP contribution in [-0.4, -0.2) is 48.9 Å². The van der Waals surface area contributed by atoms with E-state index in [1.807, 2.05) is 18.7 Å². The minimum atomic E-state index is -0.204. The van der Waals surface area contributed by atoms with Crippen LogP contribution in [0.1, 0.15) is 20.3 Å². The van der Waals surface area contributed by atoms with Crippen LogP contribution in [0.25, 0.3) is 0 Å². The van der Waals surface area contributed by atoms with E-state index in [1.165, 1.54) is 0 Å². The summed E-state index contributed by atoms with van der Waals surface area (Å²) in [7, 11) is 3.46. The third-order valence-corrected chi connectivity index (χ3v) is 2.13. The third-order valence-electron chi connectivity index (χ3n) is 2.13. The van der Waals surface area contributed by atoms with Gasteiger partial charge in [-0.2, -0.15) is 5.26 Å². The fourth-order valence-corrected chi connectivity index (χ4v) is 1.32. The Balaban J connectivity index is 4.35. The molecule has 0 spiro atoms. The molecule has 80 valence electrons. The minimum Gasteiger partial charge on any atom is -0.347 e. The standard InChI is InChI=1S/C10H19N3O/c1-5-7-13(8-6-11)9(2)10(14)12(3)4/h9H,5,7-8H2,1-4H3. The second-order valence-electron chi connectivity index (χ2n) is 3.54. The van der Waals surface area contributed by atoms with Crippen molar-refractivity contribution in [2.75, 3.05) is 27.2 Å². The topological polar surface area (TPSA) is 47.3 Å². The summed E-state index contributed by atoms with van der Waals surface area (Å²) in [5, 5.41) is 8.62. The number of nitriles is 1. The zero-order valence-corrected chi connectivity index (χ0v) is 9.45. The predicted molar refractivity (Wildman–Crippen MR) is 55.6 cm³/mol. The first-order chi connectivity index (χ1) is 6.54. The van der Waals surface area contributed by atoms with Crippen LogP contribution < -0.4 is 0 Å². The summed E-state index contributed by atoms with van der Waals surface area (Å²) in [6.45, 7) is 4.98. The Bertz CT molecular complexity index is 220. The summed E-state index contributed by atoms with van der Waals surface area (Å²) in [6.07, 6.45) is 0.951. The Labute approximate surface area is 86.1 Å². The highest BCUT2D eigenvalue weighted by Gasteiger charge is 2.21. The lowest BCUT2D eigenvalue weighted by Crippen LogP contribution is -2.45. The van der Waals surface area contributed by atoms with Crippen molar-refractivity contribution in [2.45, 2.75) is 26.3 Å². The first-order valence-corrected chi connectivity index (χ1v) is 4.86. The highest BCUT2D eigenvalue weighted by Crippen LogP contribution is 2.02. The molecule has 0 fully saturated rings. The molecule has 0 aromatic carbocycles. The summed E-state index contributed by atoms with van der Waals surface area (Å²) in [6, 6.07) is 1.88. The first-order valence-electron chi connectivity index (χ1n) is 4.86. The molecule has 1 unspecified atom stereocenters. The molecule has 4 nitrogen and oxygen atoms in total. The van der Waals surface area contributed by atoms with Crippen molar-refractivity contribution in [1.82, 2.24) is 9.80 Å². The van der Waals surface area contributed by atoms with E-state index in [4.69, 9.17) is 5.26 Å². The van der Waals surface area contributed by atoms with Gasteiger partial charge in [0.2, 0.25) is 5.91 Å². The molecule has 0 aliphatic rings. The Morgan fingerprint density at radius 3 is 2.43 bits per heavy atom. The van der Waals surface area contributed by atoms with Crippen molar-refractivity contribution in [2.24, 2.45) is 0 Å². The Morgan fingerprint density at radius 1 is 1.50 bits per heavy atom. The molecule has 0 bridgehead atoms. The lowest BCUT2D eigenvalue weighted by molar-refractivity contribution is -0.133. The molecule has 4 heteroatoms. The summed E-state index contributed by atoms with van der Waals surface area (Å²) in [5.74, 6) is 0.0497. The van der Waals surface area contributed by atoms with Gasteiger partial charge in [-0.25, -0.2) is 0 Å². The Hall–Kier alpha value is -1.08. The average molecular weight is 197 g/mol. The van der Waals surface area contributed by atoms with E-state index in [0.29, 0.717) is 6.54 Å². The van der Waals surface area contributed by atoms with Crippen LogP contribution in [0.3, 0.4) is 0 Å². The number of hydrogen-bond donors (Lipinski definition) is 0. The second kappa shape index (κ2) is 6.39. The lowest BCUT2D eigenvalue weighted by Gasteiger charge is -2.27. The van der Waals surface area contributed by atoms with Gasteiger partial charge in [0, 0.05) is 14.1 Å². The van der Waals surface area contributed by atoms with Crippen LogP contribution >= 0.6 is 0 Å². The maximum absolute atomic E-state index is 11.6. The van der Waals surface area contributed by atoms with Gasteiger partial charge in [-0.15, -0.1) is 0 Å². The van der Waals surface area contributed by atoms with Crippen LogP contribution in [-0.2, 0) is 4.79 Å². The highest BCUT2D eigenvalue weighted by molar-refractivity contribution is 5.80. The minimum absolute atomic E-state index is 0.0497. The molecule has 0 rings (SSSR count). The Kier molecular flexibility index (Phi) is 5.89. The summed E-state index contributed by atoms with van der Waals surface area (Å²) in [5.41, 5.74) is 0. The quantitative estimate of drug-likeness (QED) is 0.609. The molecule has 0 aliphatic carbocycles. The van der Waals surface area contributed by atoms with Gasteiger partial charge in [-0.05, 0) is 19.9 Å². The van der Waals surface area contributed by atoms with Gasteiger partial charge in [-0.3, -0.25) is 9.69 Å². The van der Waals surface area contributed by atoms with Gasteiger partial charge in [0.05, 0.1) is 18.7 Å². The number of carbonyl (C=O) groups is 1. The van der Waals surface area contributed by atoms with Crippen molar-refractivity contribution >= 4 is 5.91 Å². The Morgan fingerprint density at radius 2 is 2.07 bits per heavy atom. The number of hydrogen-bond acceptors (Lipinski definition) is 3. The van der Waals surface area contributed by atoms with Gasteiger partial charge >= 0.3 is 0 Å². The van der Waals surface area contributed by atoms with Gasteiger partial charge in [0.25, 0.3) is 0 Å². The van der Waals surface area contributed by atoms with Gasteiger partial charge in [-0.1, -0.05) is 6.92 Å². The molecule has 0 N–H and O–H groups in total. The zero-order chi connectivity index (χ0) is 11.1. The smallest absolute Gasteiger partial charge is 0.239 e. The normalized spacial score (nSPS) is 12.3. The van der Waals surface area contributed by atoms with Crippen molar-refractivity contribution < 1.29 is 4.79 Å². The average Bonchev–Trinajstić information content (AvgIpc) is 2.15. The molecular formula is C10H19N3O. The van der Waals surface area contributed by atoms with E-state index >= 15 is 0 Å². The van der Waals surface area contributed by atoms with E-state index in [-0.39, 0.29) is 11.9 Å². The number of likely N-dealkylation sites (N-methyl/N-ethyl adjacent to an activating group) is 1. The fourth-order valence-electron chi connectivity index (χ4n) is 1.32. The number of carbonyl (C=O) groups excluding carboxylic acids is 1. The SMILES string of the molecule is CCCN(CC#N)C(C)C(=O)N(C)C. The van der Waals surface area contributed by atoms with Crippen LogP contribution in [0.2, 0.25) is 0 Å².